The van der Waals surface area contributed by atoms with Gasteiger partial charge >= 0.3 is 0 Å². The highest BCUT2D eigenvalue weighted by Crippen LogP contribution is 2.35. The van der Waals surface area contributed by atoms with Crippen molar-refractivity contribution in [3.05, 3.63) is 33.8 Å². The maximum atomic E-state index is 3.52. The third kappa shape index (κ3) is 2.15. The van der Waals surface area contributed by atoms with Crippen molar-refractivity contribution in [2.45, 2.75) is 24.5 Å². The summed E-state index contributed by atoms with van der Waals surface area (Å²) < 4.78 is 1.19. The first-order valence-electron chi connectivity index (χ1n) is 4.81. The van der Waals surface area contributed by atoms with E-state index >= 15 is 0 Å². The lowest BCUT2D eigenvalue weighted by molar-refractivity contribution is 0.717. The average molecular weight is 272 g/mol. The van der Waals surface area contributed by atoms with E-state index in [9.17, 15) is 0 Å². The van der Waals surface area contributed by atoms with Crippen LogP contribution in [0.2, 0.25) is 0 Å². The minimum absolute atomic E-state index is 0.483. The van der Waals surface area contributed by atoms with Gasteiger partial charge < -0.3 is 5.32 Å². The Labute approximate surface area is 97.8 Å². The van der Waals surface area contributed by atoms with E-state index < -0.39 is 0 Å². The number of halogens is 1. The first-order chi connectivity index (χ1) is 6.66. The number of thioether (sulfide) groups is 1. The lowest BCUT2D eigenvalue weighted by atomic mass is 10.1. The normalized spacial score (nSPS) is 26.8. The van der Waals surface area contributed by atoms with E-state index in [0.717, 1.165) is 11.8 Å². The van der Waals surface area contributed by atoms with Crippen molar-refractivity contribution in [1.29, 1.82) is 0 Å². The van der Waals surface area contributed by atoms with E-state index in [1.807, 2.05) is 11.8 Å². The lowest BCUT2D eigenvalue weighted by Gasteiger charge is -2.11. The molecule has 0 bridgehead atoms. The van der Waals surface area contributed by atoms with Gasteiger partial charge in [-0.05, 0) is 24.1 Å². The molecular formula is C11H14BrNS. The highest BCUT2D eigenvalue weighted by atomic mass is 79.9. The molecule has 1 nitrogen and oxygen atoms in total. The summed E-state index contributed by atoms with van der Waals surface area (Å²) in [4.78, 5) is 0. The fourth-order valence-electron chi connectivity index (χ4n) is 1.63. The smallest absolute Gasteiger partial charge is 0.0793 e. The molecule has 1 aromatic rings. The predicted molar refractivity (Wildman–Crippen MR) is 66.7 cm³/mol. The summed E-state index contributed by atoms with van der Waals surface area (Å²) in [7, 11) is 0. The van der Waals surface area contributed by atoms with Crippen molar-refractivity contribution in [3.63, 3.8) is 0 Å². The van der Waals surface area contributed by atoms with Crippen LogP contribution in [0, 0.1) is 6.92 Å². The predicted octanol–water partition coefficient (Wildman–Crippen LogP) is 3.48. The van der Waals surface area contributed by atoms with Crippen LogP contribution in [0.25, 0.3) is 0 Å². The Bertz CT molecular complexity index is 340. The molecule has 1 heterocycles. The second-order valence-electron chi connectivity index (χ2n) is 3.74. The zero-order valence-corrected chi connectivity index (χ0v) is 10.8. The minimum Gasteiger partial charge on any atom is -0.301 e. The van der Waals surface area contributed by atoms with Gasteiger partial charge in [-0.2, -0.15) is 0 Å². The van der Waals surface area contributed by atoms with E-state index in [1.54, 1.807) is 0 Å². The molecule has 2 unspecified atom stereocenters. The molecule has 0 radical (unpaired) electrons. The van der Waals surface area contributed by atoms with Crippen LogP contribution >= 0.6 is 27.7 Å². The van der Waals surface area contributed by atoms with E-state index in [-0.39, 0.29) is 0 Å². The quantitative estimate of drug-likeness (QED) is 0.840. The number of aryl methyl sites for hydroxylation is 1. The number of rotatable bonds is 1. The first-order valence-corrected chi connectivity index (χ1v) is 6.55. The molecule has 0 amide bonds. The van der Waals surface area contributed by atoms with Crippen LogP contribution in [0.5, 0.6) is 0 Å². The van der Waals surface area contributed by atoms with Gasteiger partial charge in [0.2, 0.25) is 0 Å². The Morgan fingerprint density at radius 1 is 1.50 bits per heavy atom. The van der Waals surface area contributed by atoms with Crippen LogP contribution in [0.4, 0.5) is 0 Å². The van der Waals surface area contributed by atoms with Crippen molar-refractivity contribution in [2.24, 2.45) is 0 Å². The van der Waals surface area contributed by atoms with Crippen LogP contribution in [0.15, 0.2) is 22.7 Å². The van der Waals surface area contributed by atoms with E-state index in [2.05, 4.69) is 53.3 Å². The summed E-state index contributed by atoms with van der Waals surface area (Å²) in [5, 5.41) is 4.73. The SMILES string of the molecule is Cc1cc(C2NCC(C)S2)ccc1Br. The summed E-state index contributed by atoms with van der Waals surface area (Å²) in [5.41, 5.74) is 2.70. The highest BCUT2D eigenvalue weighted by molar-refractivity contribution is 9.10. The zero-order chi connectivity index (χ0) is 10.1. The van der Waals surface area contributed by atoms with E-state index in [1.165, 1.54) is 15.6 Å². The first kappa shape index (κ1) is 10.5. The zero-order valence-electron chi connectivity index (χ0n) is 8.38. The largest absolute Gasteiger partial charge is 0.301 e. The van der Waals surface area contributed by atoms with Crippen LogP contribution in [-0.2, 0) is 0 Å². The summed E-state index contributed by atoms with van der Waals surface area (Å²) in [6.45, 7) is 5.52. The van der Waals surface area contributed by atoms with Gasteiger partial charge in [-0.25, -0.2) is 0 Å². The Kier molecular flexibility index (Phi) is 3.20. The van der Waals surface area contributed by atoms with Gasteiger partial charge in [0.05, 0.1) is 5.37 Å². The number of benzene rings is 1. The Morgan fingerprint density at radius 2 is 2.29 bits per heavy atom. The molecule has 76 valence electrons. The van der Waals surface area contributed by atoms with Gasteiger partial charge in [-0.15, -0.1) is 11.8 Å². The van der Waals surface area contributed by atoms with Crippen molar-refractivity contribution in [1.82, 2.24) is 5.32 Å². The van der Waals surface area contributed by atoms with Crippen LogP contribution < -0.4 is 5.32 Å². The van der Waals surface area contributed by atoms with E-state index in [0.29, 0.717) is 5.37 Å². The fourth-order valence-corrected chi connectivity index (χ4v) is 3.03. The topological polar surface area (TPSA) is 12.0 Å². The standard InChI is InChI=1S/C11H14BrNS/c1-7-5-9(3-4-10(7)12)11-13-6-8(2)14-11/h3-5,8,11,13H,6H2,1-2H3. The molecule has 14 heavy (non-hydrogen) atoms. The molecule has 1 fully saturated rings. The molecule has 0 aromatic heterocycles. The van der Waals surface area contributed by atoms with Crippen molar-refractivity contribution in [2.75, 3.05) is 6.54 Å². The second-order valence-corrected chi connectivity index (χ2v) is 6.15. The molecule has 1 aliphatic heterocycles. The third-order valence-corrected chi connectivity index (χ3v) is 4.68. The van der Waals surface area contributed by atoms with Crippen LogP contribution in [-0.4, -0.2) is 11.8 Å². The van der Waals surface area contributed by atoms with Crippen molar-refractivity contribution in [3.8, 4) is 0 Å². The Morgan fingerprint density at radius 3 is 2.86 bits per heavy atom. The van der Waals surface area contributed by atoms with Gasteiger partial charge in [0.1, 0.15) is 0 Å². The molecule has 1 aliphatic rings. The third-order valence-electron chi connectivity index (χ3n) is 2.44. The highest BCUT2D eigenvalue weighted by Gasteiger charge is 2.22. The van der Waals surface area contributed by atoms with Gasteiger partial charge in [0, 0.05) is 16.3 Å². The molecule has 1 N–H and O–H groups in total. The van der Waals surface area contributed by atoms with Crippen molar-refractivity contribution < 1.29 is 0 Å². The number of nitrogens with one attached hydrogen (secondary N) is 1. The summed E-state index contributed by atoms with van der Waals surface area (Å²) >= 11 is 5.53. The molecular weight excluding hydrogens is 258 g/mol. The molecule has 2 rings (SSSR count). The van der Waals surface area contributed by atoms with E-state index in [4.69, 9.17) is 0 Å². The lowest BCUT2D eigenvalue weighted by Crippen LogP contribution is -2.13. The fraction of sp³-hybridized carbons (Fsp3) is 0.455. The van der Waals surface area contributed by atoms with Gasteiger partial charge in [0.25, 0.3) is 0 Å². The van der Waals surface area contributed by atoms with Gasteiger partial charge in [-0.1, -0.05) is 35.0 Å². The molecule has 0 aliphatic carbocycles. The molecule has 0 spiro atoms. The van der Waals surface area contributed by atoms with Gasteiger partial charge in [-0.3, -0.25) is 0 Å². The van der Waals surface area contributed by atoms with Crippen molar-refractivity contribution >= 4 is 27.7 Å². The van der Waals surface area contributed by atoms with Crippen LogP contribution in [0.1, 0.15) is 23.4 Å². The Hall–Kier alpha value is 0.01000. The van der Waals surface area contributed by atoms with Gasteiger partial charge in [0.15, 0.2) is 0 Å². The second kappa shape index (κ2) is 4.25. The monoisotopic (exact) mass is 271 g/mol. The molecule has 1 saturated heterocycles. The minimum atomic E-state index is 0.483. The summed E-state index contributed by atoms with van der Waals surface area (Å²) in [5.74, 6) is 0. The molecule has 1 aromatic carbocycles. The summed E-state index contributed by atoms with van der Waals surface area (Å²) in [6, 6.07) is 6.59. The molecule has 0 saturated carbocycles. The summed E-state index contributed by atoms with van der Waals surface area (Å²) in [6.07, 6.45) is 0. The average Bonchev–Trinajstić information content (AvgIpc) is 2.57. The maximum absolute atomic E-state index is 3.52. The molecule has 2 atom stereocenters. The molecule has 3 heteroatoms. The maximum Gasteiger partial charge on any atom is 0.0793 e. The van der Waals surface area contributed by atoms with Crippen LogP contribution in [0.3, 0.4) is 0 Å². The number of hydrogen-bond donors (Lipinski definition) is 1. The Balaban J connectivity index is 2.20. The number of hydrogen-bond acceptors (Lipinski definition) is 2.